The first-order valence-corrected chi connectivity index (χ1v) is 10.4. The van der Waals surface area contributed by atoms with Gasteiger partial charge >= 0.3 is 0 Å². The van der Waals surface area contributed by atoms with Crippen molar-refractivity contribution in [2.75, 3.05) is 43.4 Å². The monoisotopic (exact) mass is 363 g/mol. The van der Waals surface area contributed by atoms with Gasteiger partial charge in [-0.05, 0) is 30.7 Å². The lowest BCUT2D eigenvalue weighted by Crippen LogP contribution is -2.47. The van der Waals surface area contributed by atoms with Gasteiger partial charge in [0.05, 0.1) is 11.8 Å². The van der Waals surface area contributed by atoms with Crippen molar-refractivity contribution in [1.29, 1.82) is 0 Å². The van der Waals surface area contributed by atoms with Crippen molar-refractivity contribution >= 4 is 21.4 Å². The lowest BCUT2D eigenvalue weighted by molar-refractivity contribution is -0.121. The number of rotatable bonds is 5. The van der Waals surface area contributed by atoms with Crippen molar-refractivity contribution < 1.29 is 13.2 Å². The van der Waals surface area contributed by atoms with Gasteiger partial charge in [0.25, 0.3) is 0 Å². The second-order valence-electron chi connectivity index (χ2n) is 6.75. The summed E-state index contributed by atoms with van der Waals surface area (Å²) in [6.07, 6.45) is 1.95. The Bertz CT molecular complexity index is 753. The maximum absolute atomic E-state index is 12.0. The molecular formula is C18H25N3O3S. The summed E-state index contributed by atoms with van der Waals surface area (Å²) >= 11 is 0. The van der Waals surface area contributed by atoms with Gasteiger partial charge in [-0.2, -0.15) is 0 Å². The molecule has 25 heavy (non-hydrogen) atoms. The number of benzene rings is 1. The molecule has 1 aromatic rings. The van der Waals surface area contributed by atoms with Gasteiger partial charge in [-0.25, -0.2) is 8.42 Å². The van der Waals surface area contributed by atoms with Gasteiger partial charge in [-0.3, -0.25) is 9.69 Å². The van der Waals surface area contributed by atoms with Crippen LogP contribution in [-0.2, 0) is 14.6 Å². The molecule has 1 fully saturated rings. The second-order valence-corrected chi connectivity index (χ2v) is 8.68. The van der Waals surface area contributed by atoms with Crippen LogP contribution in [0.2, 0.25) is 0 Å². The summed E-state index contributed by atoms with van der Waals surface area (Å²) in [6.45, 7) is 6.57. The topological polar surface area (TPSA) is 69.7 Å². The molecule has 6 nitrogen and oxygen atoms in total. The predicted molar refractivity (Wildman–Crippen MR) is 99.3 cm³/mol. The number of hydrogen-bond acceptors (Lipinski definition) is 5. The fourth-order valence-electron chi connectivity index (χ4n) is 3.26. The van der Waals surface area contributed by atoms with E-state index < -0.39 is 9.84 Å². The van der Waals surface area contributed by atoms with Crippen LogP contribution in [0.4, 0.5) is 5.69 Å². The Morgan fingerprint density at radius 3 is 2.64 bits per heavy atom. The molecule has 1 unspecified atom stereocenters. The van der Waals surface area contributed by atoms with Crippen LogP contribution in [-0.4, -0.2) is 63.7 Å². The van der Waals surface area contributed by atoms with Gasteiger partial charge in [-0.1, -0.05) is 12.1 Å². The molecule has 1 amide bonds. The third kappa shape index (κ3) is 5.06. The highest BCUT2D eigenvalue weighted by atomic mass is 32.2. The number of sulfone groups is 1. The molecule has 2 aliphatic rings. The quantitative estimate of drug-likeness (QED) is 0.843. The molecule has 0 radical (unpaired) electrons. The van der Waals surface area contributed by atoms with Crippen LogP contribution in [0.3, 0.4) is 0 Å². The highest BCUT2D eigenvalue weighted by Gasteiger charge is 2.23. The summed E-state index contributed by atoms with van der Waals surface area (Å²) in [5, 5.41) is 3.96. The van der Waals surface area contributed by atoms with E-state index in [9.17, 15) is 13.2 Å². The molecule has 136 valence electrons. The number of amides is 1. The average Bonchev–Trinajstić information content (AvgIpc) is 2.92. The average molecular weight is 363 g/mol. The first-order valence-electron chi connectivity index (χ1n) is 8.66. The van der Waals surface area contributed by atoms with Gasteiger partial charge in [-0.15, -0.1) is 0 Å². The number of anilines is 1. The summed E-state index contributed by atoms with van der Waals surface area (Å²) < 4.78 is 22.7. The Labute approximate surface area is 149 Å². The third-order valence-corrected chi connectivity index (χ3v) is 6.07. The highest BCUT2D eigenvalue weighted by Crippen LogP contribution is 2.17. The molecule has 7 heteroatoms. The number of aryl methyl sites for hydroxylation is 1. The first-order chi connectivity index (χ1) is 11.9. The zero-order valence-electron chi connectivity index (χ0n) is 14.5. The lowest BCUT2D eigenvalue weighted by atomic mass is 10.2. The molecule has 1 saturated heterocycles. The van der Waals surface area contributed by atoms with E-state index in [0.717, 1.165) is 26.2 Å². The summed E-state index contributed by atoms with van der Waals surface area (Å²) in [5.74, 6) is -0.110. The van der Waals surface area contributed by atoms with Gasteiger partial charge in [0.2, 0.25) is 5.91 Å². The van der Waals surface area contributed by atoms with E-state index in [2.05, 4.69) is 46.3 Å². The van der Waals surface area contributed by atoms with E-state index >= 15 is 0 Å². The predicted octanol–water partition coefficient (Wildman–Crippen LogP) is 0.934. The van der Waals surface area contributed by atoms with Crippen molar-refractivity contribution in [3.05, 3.63) is 41.3 Å². The minimum absolute atomic E-state index is 0.0199. The largest absolute Gasteiger partial charge is 0.369 e. The molecule has 0 bridgehead atoms. The van der Waals surface area contributed by atoms with Crippen molar-refractivity contribution in [1.82, 2.24) is 10.2 Å². The van der Waals surface area contributed by atoms with Crippen LogP contribution >= 0.6 is 0 Å². The number of piperazine rings is 1. The number of nitrogens with one attached hydrogen (secondary N) is 1. The Morgan fingerprint density at radius 1 is 1.24 bits per heavy atom. The summed E-state index contributed by atoms with van der Waals surface area (Å²) in [6, 6.07) is 8.14. The molecule has 0 saturated carbocycles. The van der Waals surface area contributed by atoms with Crippen LogP contribution in [0.5, 0.6) is 0 Å². The molecule has 3 rings (SSSR count). The van der Waals surface area contributed by atoms with Crippen LogP contribution in [0.1, 0.15) is 12.0 Å². The maximum Gasteiger partial charge on any atom is 0.221 e. The van der Waals surface area contributed by atoms with E-state index in [0.29, 0.717) is 13.0 Å². The SMILES string of the molecule is Cc1cccc(N2CCN(CCC(=O)NC3C=CS(=O)(=O)C3)CC2)c1. The third-order valence-electron chi connectivity index (χ3n) is 4.67. The van der Waals surface area contributed by atoms with E-state index in [1.165, 1.54) is 16.7 Å². The Morgan fingerprint density at radius 2 is 2.00 bits per heavy atom. The molecule has 1 atom stereocenters. The van der Waals surface area contributed by atoms with E-state index in [1.807, 2.05) is 0 Å². The van der Waals surface area contributed by atoms with Crippen molar-refractivity contribution in [2.45, 2.75) is 19.4 Å². The van der Waals surface area contributed by atoms with Gasteiger partial charge in [0.15, 0.2) is 9.84 Å². The minimum Gasteiger partial charge on any atom is -0.369 e. The number of carbonyl (C=O) groups is 1. The molecule has 2 heterocycles. The molecular weight excluding hydrogens is 338 g/mol. The van der Waals surface area contributed by atoms with Crippen LogP contribution in [0, 0.1) is 6.92 Å². The van der Waals surface area contributed by atoms with Crippen LogP contribution in [0.15, 0.2) is 35.7 Å². The molecule has 1 N–H and O–H groups in total. The standard InChI is InChI=1S/C18H25N3O3S/c1-15-3-2-4-17(13-15)21-10-8-20(9-11-21)7-5-18(22)19-16-6-12-25(23,24)14-16/h2-4,6,12-13,16H,5,7-11,14H2,1H3,(H,19,22). The summed E-state index contributed by atoms with van der Waals surface area (Å²) in [5.41, 5.74) is 2.52. The van der Waals surface area contributed by atoms with Gasteiger partial charge in [0, 0.05) is 50.2 Å². The smallest absolute Gasteiger partial charge is 0.221 e. The van der Waals surface area contributed by atoms with Crippen LogP contribution < -0.4 is 10.2 Å². The number of hydrogen-bond donors (Lipinski definition) is 1. The van der Waals surface area contributed by atoms with Crippen molar-refractivity contribution in [3.8, 4) is 0 Å². The molecule has 2 aliphatic heterocycles. The van der Waals surface area contributed by atoms with Crippen LogP contribution in [0.25, 0.3) is 0 Å². The minimum atomic E-state index is -3.12. The Kier molecular flexibility index (Phi) is 5.44. The fraction of sp³-hybridized carbons (Fsp3) is 0.500. The van der Waals surface area contributed by atoms with E-state index in [4.69, 9.17) is 0 Å². The van der Waals surface area contributed by atoms with Gasteiger partial charge in [0.1, 0.15) is 0 Å². The molecule has 0 aromatic heterocycles. The zero-order chi connectivity index (χ0) is 17.9. The fourth-order valence-corrected chi connectivity index (χ4v) is 4.49. The summed E-state index contributed by atoms with van der Waals surface area (Å²) in [7, 11) is -3.12. The lowest BCUT2D eigenvalue weighted by Gasteiger charge is -2.36. The number of nitrogens with zero attached hydrogens (tertiary/aromatic N) is 2. The summed E-state index contributed by atoms with van der Waals surface area (Å²) in [4.78, 5) is 16.7. The Balaban J connectivity index is 1.39. The highest BCUT2D eigenvalue weighted by molar-refractivity contribution is 7.94. The number of carbonyl (C=O) groups excluding carboxylic acids is 1. The Hall–Kier alpha value is -1.86. The first kappa shape index (κ1) is 17.9. The maximum atomic E-state index is 12.0. The second kappa shape index (κ2) is 7.58. The van der Waals surface area contributed by atoms with Crippen molar-refractivity contribution in [3.63, 3.8) is 0 Å². The molecule has 0 spiro atoms. The van der Waals surface area contributed by atoms with E-state index in [-0.39, 0.29) is 17.7 Å². The van der Waals surface area contributed by atoms with Gasteiger partial charge < -0.3 is 10.2 Å². The molecule has 1 aromatic carbocycles. The zero-order valence-corrected chi connectivity index (χ0v) is 15.3. The van der Waals surface area contributed by atoms with Crippen molar-refractivity contribution in [2.24, 2.45) is 0 Å². The molecule has 0 aliphatic carbocycles. The normalized spacial score (nSPS) is 22.9. The van der Waals surface area contributed by atoms with E-state index in [1.54, 1.807) is 6.08 Å².